The molecule has 2 aromatic rings. The van der Waals surface area contributed by atoms with Gasteiger partial charge in [-0.25, -0.2) is 4.68 Å². The summed E-state index contributed by atoms with van der Waals surface area (Å²) in [5, 5.41) is 3.08. The molecular weight excluding hydrogens is 296 g/mol. The Morgan fingerprint density at radius 1 is 0.833 bits per heavy atom. The van der Waals surface area contributed by atoms with E-state index < -0.39 is 0 Å². The van der Waals surface area contributed by atoms with E-state index >= 15 is 0 Å². The number of nitrogens with one attached hydrogen (secondary N) is 1. The van der Waals surface area contributed by atoms with Crippen LogP contribution < -0.4 is 5.56 Å². The molecule has 0 amide bonds. The lowest BCUT2D eigenvalue weighted by Gasteiger charge is -2.02. The van der Waals surface area contributed by atoms with E-state index in [9.17, 15) is 4.79 Å². The maximum absolute atomic E-state index is 12.4. The van der Waals surface area contributed by atoms with Crippen molar-refractivity contribution in [1.29, 1.82) is 0 Å². The van der Waals surface area contributed by atoms with Crippen LogP contribution in [-0.2, 0) is 6.42 Å². The van der Waals surface area contributed by atoms with Crippen molar-refractivity contribution in [3.05, 3.63) is 52.4 Å². The molecule has 0 aliphatic rings. The zero-order valence-corrected chi connectivity index (χ0v) is 15.1. The van der Waals surface area contributed by atoms with E-state index in [1.807, 2.05) is 36.5 Å². The Morgan fingerprint density at radius 3 is 2.04 bits per heavy atom. The van der Waals surface area contributed by atoms with Crippen LogP contribution >= 0.6 is 0 Å². The lowest BCUT2D eigenvalue weighted by molar-refractivity contribution is 0.556. The van der Waals surface area contributed by atoms with E-state index in [-0.39, 0.29) is 5.56 Å². The van der Waals surface area contributed by atoms with E-state index in [1.165, 1.54) is 57.8 Å². The van der Waals surface area contributed by atoms with Crippen LogP contribution in [-0.4, -0.2) is 9.78 Å². The van der Waals surface area contributed by atoms with E-state index in [4.69, 9.17) is 0 Å². The van der Waals surface area contributed by atoms with Gasteiger partial charge in [0.25, 0.3) is 5.56 Å². The second kappa shape index (κ2) is 10.9. The number of aryl methyl sites for hydroxylation is 1. The highest BCUT2D eigenvalue weighted by Gasteiger charge is 2.07. The van der Waals surface area contributed by atoms with Gasteiger partial charge in [0.2, 0.25) is 0 Å². The summed E-state index contributed by atoms with van der Waals surface area (Å²) in [5.41, 5.74) is 1.90. The number of benzene rings is 1. The number of hydrogen-bond acceptors (Lipinski definition) is 1. The maximum atomic E-state index is 12.4. The highest BCUT2D eigenvalue weighted by atomic mass is 16.1. The third kappa shape index (κ3) is 6.03. The van der Waals surface area contributed by atoms with Gasteiger partial charge in [-0.2, -0.15) is 0 Å². The number of H-pyrrole nitrogens is 1. The van der Waals surface area contributed by atoms with Gasteiger partial charge in [0.05, 0.1) is 5.69 Å². The molecule has 24 heavy (non-hydrogen) atoms. The summed E-state index contributed by atoms with van der Waals surface area (Å²) in [4.78, 5) is 12.4. The van der Waals surface area contributed by atoms with Gasteiger partial charge in [0.15, 0.2) is 0 Å². The molecule has 3 heteroatoms. The summed E-state index contributed by atoms with van der Waals surface area (Å²) in [7, 11) is 0. The number of hydrogen-bond donors (Lipinski definition) is 1. The van der Waals surface area contributed by atoms with Crippen molar-refractivity contribution >= 4 is 0 Å². The molecule has 0 unspecified atom stereocenters. The SMILES string of the molecule is CCCCCCCCCCCCc1c[nH]n(-c2ccccc2)c1=O. The lowest BCUT2D eigenvalue weighted by atomic mass is 10.0. The molecule has 0 spiro atoms. The molecule has 0 saturated carbocycles. The summed E-state index contributed by atoms with van der Waals surface area (Å²) in [5.74, 6) is 0. The molecule has 0 fully saturated rings. The van der Waals surface area contributed by atoms with E-state index in [2.05, 4.69) is 12.0 Å². The fraction of sp³-hybridized carbons (Fsp3) is 0.571. The second-order valence-electron chi connectivity index (χ2n) is 6.71. The van der Waals surface area contributed by atoms with Gasteiger partial charge in [0.1, 0.15) is 0 Å². The van der Waals surface area contributed by atoms with Crippen molar-refractivity contribution in [3.63, 3.8) is 0 Å². The Bertz CT molecular complexity index is 612. The minimum absolute atomic E-state index is 0.0946. The van der Waals surface area contributed by atoms with Crippen LogP contribution in [0, 0.1) is 0 Å². The summed E-state index contributed by atoms with van der Waals surface area (Å²) < 4.78 is 1.63. The second-order valence-corrected chi connectivity index (χ2v) is 6.71. The average molecular weight is 329 g/mol. The topological polar surface area (TPSA) is 37.8 Å². The van der Waals surface area contributed by atoms with Crippen LogP contribution in [0.3, 0.4) is 0 Å². The number of unbranched alkanes of at least 4 members (excludes halogenated alkanes) is 9. The van der Waals surface area contributed by atoms with Gasteiger partial charge >= 0.3 is 0 Å². The average Bonchev–Trinajstić information content (AvgIpc) is 2.98. The number of aromatic nitrogens is 2. The molecule has 1 heterocycles. The van der Waals surface area contributed by atoms with Crippen molar-refractivity contribution in [3.8, 4) is 5.69 Å². The van der Waals surface area contributed by atoms with Gasteiger partial charge in [-0.3, -0.25) is 9.89 Å². The fourth-order valence-corrected chi connectivity index (χ4v) is 3.16. The smallest absolute Gasteiger partial charge is 0.274 e. The summed E-state index contributed by atoms with van der Waals surface area (Å²) in [6.45, 7) is 2.26. The van der Waals surface area contributed by atoms with Crippen LogP contribution in [0.15, 0.2) is 41.3 Å². The first kappa shape index (κ1) is 18.6. The Morgan fingerprint density at radius 2 is 1.42 bits per heavy atom. The van der Waals surface area contributed by atoms with Gasteiger partial charge in [-0.1, -0.05) is 82.9 Å². The third-order valence-electron chi connectivity index (χ3n) is 4.66. The molecule has 3 nitrogen and oxygen atoms in total. The summed E-state index contributed by atoms with van der Waals surface area (Å²) >= 11 is 0. The van der Waals surface area contributed by atoms with Crippen LogP contribution in [0.1, 0.15) is 76.7 Å². The predicted molar refractivity (Wildman–Crippen MR) is 102 cm³/mol. The Labute approximate surface area is 146 Å². The van der Waals surface area contributed by atoms with E-state index in [0.717, 1.165) is 24.1 Å². The molecular formula is C21H32N2O. The van der Waals surface area contributed by atoms with Gasteiger partial charge < -0.3 is 0 Å². The first-order valence-corrected chi connectivity index (χ1v) is 9.67. The Balaban J connectivity index is 1.62. The molecule has 1 aromatic heterocycles. The van der Waals surface area contributed by atoms with Crippen LogP contribution in [0.2, 0.25) is 0 Å². The van der Waals surface area contributed by atoms with Crippen LogP contribution in [0.5, 0.6) is 0 Å². The van der Waals surface area contributed by atoms with Gasteiger partial charge in [0, 0.05) is 11.8 Å². The van der Waals surface area contributed by atoms with Crippen molar-refractivity contribution < 1.29 is 0 Å². The minimum atomic E-state index is 0.0946. The molecule has 0 aliphatic heterocycles. The molecule has 1 N–H and O–H groups in total. The summed E-state index contributed by atoms with van der Waals surface area (Å²) in [6.07, 6.45) is 16.0. The van der Waals surface area contributed by atoms with E-state index in [1.54, 1.807) is 4.68 Å². The predicted octanol–water partition coefficient (Wildman–Crippen LogP) is 5.63. The number of aromatic amines is 1. The molecule has 0 aliphatic carbocycles. The monoisotopic (exact) mass is 328 g/mol. The van der Waals surface area contributed by atoms with Crippen molar-refractivity contribution in [2.75, 3.05) is 0 Å². The largest absolute Gasteiger partial charge is 0.298 e. The molecule has 0 bridgehead atoms. The van der Waals surface area contributed by atoms with Crippen molar-refractivity contribution in [2.24, 2.45) is 0 Å². The van der Waals surface area contributed by atoms with Crippen LogP contribution in [0.25, 0.3) is 5.69 Å². The molecule has 132 valence electrons. The molecule has 2 rings (SSSR count). The Kier molecular flexibility index (Phi) is 8.43. The van der Waals surface area contributed by atoms with Crippen LogP contribution in [0.4, 0.5) is 0 Å². The third-order valence-corrected chi connectivity index (χ3v) is 4.66. The number of rotatable bonds is 12. The quantitative estimate of drug-likeness (QED) is 0.504. The molecule has 0 saturated heterocycles. The number of para-hydroxylation sites is 1. The Hall–Kier alpha value is -1.77. The minimum Gasteiger partial charge on any atom is -0.298 e. The van der Waals surface area contributed by atoms with Crippen molar-refractivity contribution in [2.45, 2.75) is 77.6 Å². The van der Waals surface area contributed by atoms with Gasteiger partial charge in [-0.15, -0.1) is 0 Å². The first-order valence-electron chi connectivity index (χ1n) is 9.67. The maximum Gasteiger partial charge on any atom is 0.274 e. The highest BCUT2D eigenvalue weighted by molar-refractivity contribution is 5.30. The van der Waals surface area contributed by atoms with E-state index in [0.29, 0.717) is 0 Å². The molecule has 1 aromatic carbocycles. The first-order chi connectivity index (χ1) is 11.8. The normalized spacial score (nSPS) is 11.0. The van der Waals surface area contributed by atoms with Gasteiger partial charge in [-0.05, 0) is 25.0 Å². The zero-order valence-electron chi connectivity index (χ0n) is 15.1. The number of nitrogens with zero attached hydrogens (tertiary/aromatic N) is 1. The fourth-order valence-electron chi connectivity index (χ4n) is 3.16. The standard InChI is InChI=1S/C21H32N2O/c1-2-3-4-5-6-7-8-9-10-12-15-19-18-22-23(21(19)24)20-16-13-11-14-17-20/h11,13-14,16-18,22H,2-10,12,15H2,1H3. The highest BCUT2D eigenvalue weighted by Crippen LogP contribution is 2.12. The zero-order chi connectivity index (χ0) is 17.0. The molecule has 0 atom stereocenters. The lowest BCUT2D eigenvalue weighted by Crippen LogP contribution is -2.17. The van der Waals surface area contributed by atoms with Crippen molar-refractivity contribution in [1.82, 2.24) is 9.78 Å². The molecule has 0 radical (unpaired) electrons. The summed E-state index contributed by atoms with van der Waals surface area (Å²) in [6, 6.07) is 9.75.